The molecule has 0 radical (unpaired) electrons. The molecule has 36 heavy (non-hydrogen) atoms. The zero-order chi connectivity index (χ0) is 24.6. The van der Waals surface area contributed by atoms with E-state index < -0.39 is 0 Å². The molecule has 1 amide bonds. The zero-order valence-corrected chi connectivity index (χ0v) is 21.3. The van der Waals surface area contributed by atoms with E-state index in [1.54, 1.807) is 18.9 Å². The van der Waals surface area contributed by atoms with Gasteiger partial charge in [0.25, 0.3) is 0 Å². The predicted molar refractivity (Wildman–Crippen MR) is 142 cm³/mol. The summed E-state index contributed by atoms with van der Waals surface area (Å²) in [7, 11) is 1.62. The van der Waals surface area contributed by atoms with Crippen molar-refractivity contribution in [3.63, 3.8) is 0 Å². The first-order valence-electron chi connectivity index (χ1n) is 11.5. The first-order chi connectivity index (χ1) is 17.7. The second kappa shape index (κ2) is 9.40. The van der Waals surface area contributed by atoms with Gasteiger partial charge in [-0.25, -0.2) is 0 Å². The van der Waals surface area contributed by atoms with Gasteiger partial charge in [-0.15, -0.1) is 10.2 Å². The Morgan fingerprint density at radius 2 is 1.72 bits per heavy atom. The van der Waals surface area contributed by atoms with E-state index in [9.17, 15) is 4.79 Å². The smallest absolute Gasteiger partial charge is 0.242 e. The third kappa shape index (κ3) is 3.84. The van der Waals surface area contributed by atoms with Crippen LogP contribution in [0.2, 0.25) is 0 Å². The summed E-state index contributed by atoms with van der Waals surface area (Å²) in [5.74, 6) is 2.11. The van der Waals surface area contributed by atoms with E-state index in [2.05, 4.69) is 10.2 Å². The number of ether oxygens (including phenoxy) is 1. The van der Waals surface area contributed by atoms with Crippen molar-refractivity contribution in [1.82, 2.24) is 14.8 Å². The molecule has 0 bridgehead atoms. The molecule has 0 saturated carbocycles. The average Bonchev–Trinajstić information content (AvgIpc) is 3.53. The molecule has 9 heteroatoms. The van der Waals surface area contributed by atoms with Crippen molar-refractivity contribution >= 4 is 51.8 Å². The van der Waals surface area contributed by atoms with Crippen LogP contribution >= 0.6 is 23.5 Å². The van der Waals surface area contributed by atoms with Crippen molar-refractivity contribution in [1.29, 1.82) is 0 Å². The van der Waals surface area contributed by atoms with Crippen LogP contribution in [0.3, 0.4) is 0 Å². The Morgan fingerprint density at radius 3 is 2.42 bits per heavy atom. The number of para-hydroxylation sites is 3. The third-order valence-electron chi connectivity index (χ3n) is 5.99. The van der Waals surface area contributed by atoms with Gasteiger partial charge in [-0.3, -0.25) is 14.3 Å². The molecule has 180 valence electrons. The Hall–Kier alpha value is -3.69. The van der Waals surface area contributed by atoms with E-state index in [1.807, 2.05) is 89.2 Å². The molecule has 1 aliphatic heterocycles. The number of thioether (sulfide) groups is 1. The number of hydrogen-bond donors (Lipinski definition) is 0. The average molecular weight is 515 g/mol. The Morgan fingerprint density at radius 1 is 1.00 bits per heavy atom. The Kier molecular flexibility index (Phi) is 5.94. The van der Waals surface area contributed by atoms with Crippen molar-refractivity contribution in [2.75, 3.05) is 17.8 Å². The van der Waals surface area contributed by atoms with Gasteiger partial charge in [-0.2, -0.15) is 0 Å². The lowest BCUT2D eigenvalue weighted by Crippen LogP contribution is -2.30. The molecule has 7 nitrogen and oxygen atoms in total. The van der Waals surface area contributed by atoms with Gasteiger partial charge in [0.05, 0.1) is 24.2 Å². The minimum absolute atomic E-state index is 0.0131. The Bertz CT molecular complexity index is 1550. The van der Waals surface area contributed by atoms with Crippen LogP contribution in [0.15, 0.2) is 92.2 Å². The molecule has 0 spiro atoms. The number of amides is 1. The molecule has 6 rings (SSSR count). The number of carbonyl (C=O) groups is 1. The fourth-order valence-corrected chi connectivity index (χ4v) is 6.24. The first-order valence-corrected chi connectivity index (χ1v) is 13.3. The maximum atomic E-state index is 13.6. The van der Waals surface area contributed by atoms with Crippen LogP contribution in [0.1, 0.15) is 6.92 Å². The fraction of sp³-hybridized carbons (Fsp3) is 0.148. The number of hydrogen-bond acceptors (Lipinski definition) is 7. The molecule has 3 aromatic carbocycles. The monoisotopic (exact) mass is 514 g/mol. The summed E-state index contributed by atoms with van der Waals surface area (Å²) in [5, 5.41) is 10.4. The number of fused-ring (bicyclic) bond motifs is 3. The van der Waals surface area contributed by atoms with E-state index in [0.717, 1.165) is 26.6 Å². The zero-order valence-electron chi connectivity index (χ0n) is 19.7. The SMILES string of the molecule is CCn1c(SCC(=O)N2c3ccccc3Sc3ccccc32)nnc1-c1cc2cccc(OC)c2o1. The van der Waals surface area contributed by atoms with Gasteiger partial charge >= 0.3 is 0 Å². The fourth-order valence-electron chi connectivity index (χ4n) is 4.33. The largest absolute Gasteiger partial charge is 0.493 e. The number of anilines is 2. The number of carbonyl (C=O) groups excluding carboxylic acids is 1. The van der Waals surface area contributed by atoms with Crippen LogP contribution in [0, 0.1) is 0 Å². The Balaban J connectivity index is 1.28. The van der Waals surface area contributed by atoms with Gasteiger partial charge in [-0.05, 0) is 43.3 Å². The molecule has 0 N–H and O–H groups in total. The summed E-state index contributed by atoms with van der Waals surface area (Å²) in [6, 6.07) is 23.7. The maximum Gasteiger partial charge on any atom is 0.242 e. The highest BCUT2D eigenvalue weighted by Crippen LogP contribution is 2.48. The van der Waals surface area contributed by atoms with E-state index in [0.29, 0.717) is 34.6 Å². The normalized spacial score (nSPS) is 12.4. The van der Waals surface area contributed by atoms with Gasteiger partial charge in [0, 0.05) is 21.7 Å². The summed E-state index contributed by atoms with van der Waals surface area (Å²) < 4.78 is 13.5. The van der Waals surface area contributed by atoms with Gasteiger partial charge in [0.1, 0.15) is 0 Å². The van der Waals surface area contributed by atoms with Crippen molar-refractivity contribution in [3.05, 3.63) is 72.8 Å². The van der Waals surface area contributed by atoms with Crippen molar-refractivity contribution < 1.29 is 13.9 Å². The lowest BCUT2D eigenvalue weighted by molar-refractivity contribution is -0.115. The summed E-state index contributed by atoms with van der Waals surface area (Å²) in [4.78, 5) is 17.5. The van der Waals surface area contributed by atoms with Crippen LogP contribution in [0.5, 0.6) is 5.75 Å². The first kappa shape index (κ1) is 22.8. The molecule has 3 heterocycles. The van der Waals surface area contributed by atoms with Gasteiger partial charge in [-0.1, -0.05) is 59.9 Å². The molecule has 0 saturated heterocycles. The van der Waals surface area contributed by atoms with E-state index in [4.69, 9.17) is 9.15 Å². The Labute approximate surface area is 216 Å². The van der Waals surface area contributed by atoms with Crippen LogP contribution in [0.4, 0.5) is 11.4 Å². The standard InChI is InChI=1S/C27H22N4O3S2/c1-3-30-26(21-15-17-9-8-12-20(33-2)25(17)34-21)28-29-27(30)35-16-24(32)31-18-10-4-6-13-22(18)36-23-14-7-5-11-19(23)31/h4-15H,3,16H2,1-2H3. The maximum absolute atomic E-state index is 13.6. The highest BCUT2D eigenvalue weighted by Gasteiger charge is 2.28. The predicted octanol–water partition coefficient (Wildman–Crippen LogP) is 6.64. The summed E-state index contributed by atoms with van der Waals surface area (Å²) in [5.41, 5.74) is 2.48. The topological polar surface area (TPSA) is 73.4 Å². The molecular formula is C27H22N4O3S2. The lowest BCUT2D eigenvalue weighted by Gasteiger charge is -2.30. The second-order valence-corrected chi connectivity index (χ2v) is 10.1. The quantitative estimate of drug-likeness (QED) is 0.235. The van der Waals surface area contributed by atoms with Gasteiger partial charge in [0.2, 0.25) is 11.7 Å². The van der Waals surface area contributed by atoms with Crippen molar-refractivity contribution in [3.8, 4) is 17.3 Å². The van der Waals surface area contributed by atoms with E-state index >= 15 is 0 Å². The highest BCUT2D eigenvalue weighted by atomic mass is 32.2. The molecule has 0 unspecified atom stereocenters. The van der Waals surface area contributed by atoms with Gasteiger partial charge in [0.15, 0.2) is 22.2 Å². The van der Waals surface area contributed by atoms with E-state index in [1.165, 1.54) is 11.8 Å². The molecule has 5 aromatic rings. The lowest BCUT2D eigenvalue weighted by atomic mass is 10.2. The number of rotatable bonds is 6. The number of nitrogens with zero attached hydrogens (tertiary/aromatic N) is 4. The summed E-state index contributed by atoms with van der Waals surface area (Å²) in [6.45, 7) is 2.66. The molecule has 0 aliphatic carbocycles. The second-order valence-electron chi connectivity index (χ2n) is 8.10. The minimum atomic E-state index is -0.0131. The molecule has 1 aliphatic rings. The van der Waals surface area contributed by atoms with Crippen LogP contribution < -0.4 is 9.64 Å². The number of aromatic nitrogens is 3. The number of methoxy groups -OCH3 is 1. The minimum Gasteiger partial charge on any atom is -0.493 e. The third-order valence-corrected chi connectivity index (χ3v) is 8.07. The highest BCUT2D eigenvalue weighted by molar-refractivity contribution is 8.00. The number of benzene rings is 3. The van der Waals surface area contributed by atoms with Crippen molar-refractivity contribution in [2.45, 2.75) is 28.4 Å². The van der Waals surface area contributed by atoms with Gasteiger partial charge < -0.3 is 9.15 Å². The van der Waals surface area contributed by atoms with Crippen LogP contribution in [-0.2, 0) is 11.3 Å². The number of furan rings is 1. The summed E-state index contributed by atoms with van der Waals surface area (Å²) >= 11 is 3.06. The molecule has 0 atom stereocenters. The molecule has 2 aromatic heterocycles. The molecular weight excluding hydrogens is 492 g/mol. The van der Waals surface area contributed by atoms with Crippen molar-refractivity contribution in [2.24, 2.45) is 0 Å². The van der Waals surface area contributed by atoms with E-state index in [-0.39, 0.29) is 11.7 Å². The van der Waals surface area contributed by atoms with Crippen LogP contribution in [-0.4, -0.2) is 33.5 Å². The van der Waals surface area contributed by atoms with Crippen LogP contribution in [0.25, 0.3) is 22.6 Å². The molecule has 0 fully saturated rings. The summed E-state index contributed by atoms with van der Waals surface area (Å²) in [6.07, 6.45) is 0.